The Kier molecular flexibility index (Phi) is 4.47. The van der Waals surface area contributed by atoms with Crippen molar-refractivity contribution in [1.82, 2.24) is 20.3 Å². The van der Waals surface area contributed by atoms with Crippen molar-refractivity contribution in [3.63, 3.8) is 0 Å². The van der Waals surface area contributed by atoms with Crippen LogP contribution in [-0.4, -0.2) is 39.5 Å². The van der Waals surface area contributed by atoms with Crippen LogP contribution in [0.2, 0.25) is 0 Å². The number of hydrogen-bond donors (Lipinski definition) is 2. The number of carbonyl (C=O) groups excluding carboxylic acids is 2. The van der Waals surface area contributed by atoms with Gasteiger partial charge in [0.2, 0.25) is 0 Å². The van der Waals surface area contributed by atoms with E-state index in [-0.39, 0.29) is 11.8 Å². The summed E-state index contributed by atoms with van der Waals surface area (Å²) in [6.45, 7) is 6.34. The summed E-state index contributed by atoms with van der Waals surface area (Å²) in [5.41, 5.74) is 0.839. The standard InChI is InChI=1S/C16H22N6O3/c1-9(2)12-8-13(20-25-12)18-16(24)17-11-5-6-22(15(11)23)14-7-10(3)19-21(14)4/h7-9,11H,5-6H2,1-4H3,(H2,17,18,20,24). The minimum Gasteiger partial charge on any atom is -0.359 e. The number of carbonyl (C=O) groups is 2. The largest absolute Gasteiger partial charge is 0.359 e. The van der Waals surface area contributed by atoms with E-state index >= 15 is 0 Å². The Balaban J connectivity index is 1.60. The van der Waals surface area contributed by atoms with Crippen LogP contribution in [0.25, 0.3) is 0 Å². The van der Waals surface area contributed by atoms with E-state index in [0.717, 1.165) is 11.5 Å². The second-order valence-electron chi connectivity index (χ2n) is 6.47. The van der Waals surface area contributed by atoms with Crippen molar-refractivity contribution in [2.24, 2.45) is 7.05 Å². The Morgan fingerprint density at radius 1 is 1.40 bits per heavy atom. The van der Waals surface area contributed by atoms with E-state index in [9.17, 15) is 9.59 Å². The molecule has 9 heteroatoms. The summed E-state index contributed by atoms with van der Waals surface area (Å²) in [4.78, 5) is 26.3. The Morgan fingerprint density at radius 3 is 2.76 bits per heavy atom. The Hall–Kier alpha value is -2.84. The van der Waals surface area contributed by atoms with Crippen molar-refractivity contribution < 1.29 is 14.1 Å². The molecule has 9 nitrogen and oxygen atoms in total. The van der Waals surface area contributed by atoms with Gasteiger partial charge < -0.3 is 9.84 Å². The molecule has 0 bridgehead atoms. The zero-order valence-electron chi connectivity index (χ0n) is 14.7. The number of nitrogens with one attached hydrogen (secondary N) is 2. The number of rotatable bonds is 4. The van der Waals surface area contributed by atoms with Gasteiger partial charge in [0.05, 0.1) is 5.69 Å². The predicted octanol–water partition coefficient (Wildman–Crippen LogP) is 1.77. The fraction of sp³-hybridized carbons (Fsp3) is 0.500. The number of anilines is 2. The normalized spacial score (nSPS) is 17.4. The Bertz CT molecular complexity index is 794. The lowest BCUT2D eigenvalue weighted by molar-refractivity contribution is -0.118. The summed E-state index contributed by atoms with van der Waals surface area (Å²) in [7, 11) is 1.79. The minimum absolute atomic E-state index is 0.152. The molecule has 0 spiro atoms. The number of urea groups is 1. The van der Waals surface area contributed by atoms with Crippen molar-refractivity contribution in [2.75, 3.05) is 16.8 Å². The molecule has 2 N–H and O–H groups in total. The van der Waals surface area contributed by atoms with Gasteiger partial charge in [0.25, 0.3) is 5.91 Å². The smallest absolute Gasteiger partial charge is 0.321 e. The number of amides is 3. The molecule has 0 aliphatic carbocycles. The third-order valence-electron chi connectivity index (χ3n) is 4.10. The molecule has 1 fully saturated rings. The first-order valence-electron chi connectivity index (χ1n) is 8.21. The number of nitrogens with zero attached hydrogens (tertiary/aromatic N) is 4. The SMILES string of the molecule is Cc1cc(N2CCC(NC(=O)Nc3cc(C(C)C)on3)C2=O)n(C)n1. The van der Waals surface area contributed by atoms with Gasteiger partial charge in [-0.3, -0.25) is 19.7 Å². The maximum Gasteiger partial charge on any atom is 0.321 e. The summed E-state index contributed by atoms with van der Waals surface area (Å²) in [6, 6.07) is 2.46. The molecule has 2 aromatic rings. The molecule has 25 heavy (non-hydrogen) atoms. The van der Waals surface area contributed by atoms with Crippen LogP contribution < -0.4 is 15.5 Å². The first-order chi connectivity index (χ1) is 11.8. The molecular formula is C16H22N6O3. The van der Waals surface area contributed by atoms with E-state index < -0.39 is 12.1 Å². The Morgan fingerprint density at radius 2 is 2.16 bits per heavy atom. The summed E-state index contributed by atoms with van der Waals surface area (Å²) >= 11 is 0. The highest BCUT2D eigenvalue weighted by Gasteiger charge is 2.35. The summed E-state index contributed by atoms with van der Waals surface area (Å²) in [5.74, 6) is 1.76. The second-order valence-corrected chi connectivity index (χ2v) is 6.47. The van der Waals surface area contributed by atoms with Crippen LogP contribution in [0, 0.1) is 6.92 Å². The molecule has 3 heterocycles. The first kappa shape index (κ1) is 17.0. The average molecular weight is 346 g/mol. The number of aromatic nitrogens is 3. The summed E-state index contributed by atoms with van der Waals surface area (Å²) in [6.07, 6.45) is 0.534. The van der Waals surface area contributed by atoms with Crippen LogP contribution in [0.3, 0.4) is 0 Å². The van der Waals surface area contributed by atoms with Crippen molar-refractivity contribution in [2.45, 2.75) is 39.2 Å². The monoisotopic (exact) mass is 346 g/mol. The molecule has 1 saturated heterocycles. The van der Waals surface area contributed by atoms with Crippen LogP contribution >= 0.6 is 0 Å². The quantitative estimate of drug-likeness (QED) is 0.878. The van der Waals surface area contributed by atoms with Crippen molar-refractivity contribution in [3.8, 4) is 0 Å². The van der Waals surface area contributed by atoms with Crippen molar-refractivity contribution in [1.29, 1.82) is 0 Å². The maximum atomic E-state index is 12.6. The van der Waals surface area contributed by atoms with E-state index in [1.807, 2.05) is 26.8 Å². The molecule has 1 atom stereocenters. The number of hydrogen-bond acceptors (Lipinski definition) is 5. The highest BCUT2D eigenvalue weighted by atomic mass is 16.5. The van der Waals surface area contributed by atoms with Crippen LogP contribution in [0.4, 0.5) is 16.4 Å². The highest BCUT2D eigenvalue weighted by Crippen LogP contribution is 2.22. The molecule has 1 aliphatic heterocycles. The molecule has 0 saturated carbocycles. The topological polar surface area (TPSA) is 105 Å². The van der Waals surface area contributed by atoms with Crippen LogP contribution in [-0.2, 0) is 11.8 Å². The lowest BCUT2D eigenvalue weighted by Crippen LogP contribution is -2.43. The van der Waals surface area contributed by atoms with Gasteiger partial charge in [-0.25, -0.2) is 4.79 Å². The third kappa shape index (κ3) is 3.49. The lowest BCUT2D eigenvalue weighted by Gasteiger charge is -2.16. The minimum atomic E-state index is -0.577. The molecule has 1 unspecified atom stereocenters. The Labute approximate surface area is 145 Å². The molecule has 2 aromatic heterocycles. The molecule has 0 aromatic carbocycles. The van der Waals surface area contributed by atoms with Crippen LogP contribution in [0.5, 0.6) is 0 Å². The van der Waals surface area contributed by atoms with Gasteiger partial charge in [0.1, 0.15) is 17.6 Å². The van der Waals surface area contributed by atoms with E-state index in [2.05, 4.69) is 20.9 Å². The van der Waals surface area contributed by atoms with E-state index in [1.54, 1.807) is 22.7 Å². The van der Waals surface area contributed by atoms with E-state index in [1.165, 1.54) is 0 Å². The molecule has 0 radical (unpaired) electrons. The van der Waals surface area contributed by atoms with Crippen molar-refractivity contribution >= 4 is 23.6 Å². The molecule has 134 valence electrons. The fourth-order valence-corrected chi connectivity index (χ4v) is 2.82. The zero-order chi connectivity index (χ0) is 18.1. The van der Waals surface area contributed by atoms with Crippen molar-refractivity contribution in [3.05, 3.63) is 23.6 Å². The molecule has 3 amide bonds. The highest BCUT2D eigenvalue weighted by molar-refractivity contribution is 6.02. The summed E-state index contributed by atoms with van der Waals surface area (Å²) < 4.78 is 6.80. The van der Waals surface area contributed by atoms with Crippen LogP contribution in [0.1, 0.15) is 37.6 Å². The number of aryl methyl sites for hydroxylation is 2. The van der Waals surface area contributed by atoms with Gasteiger partial charge in [0, 0.05) is 31.6 Å². The summed E-state index contributed by atoms with van der Waals surface area (Å²) in [5, 5.41) is 13.3. The molecule has 1 aliphatic rings. The first-order valence-corrected chi connectivity index (χ1v) is 8.21. The third-order valence-corrected chi connectivity index (χ3v) is 4.10. The second kappa shape index (κ2) is 6.58. The van der Waals surface area contributed by atoms with Gasteiger partial charge >= 0.3 is 6.03 Å². The fourth-order valence-electron chi connectivity index (χ4n) is 2.82. The molecular weight excluding hydrogens is 324 g/mol. The zero-order valence-corrected chi connectivity index (χ0v) is 14.7. The average Bonchev–Trinajstić information content (AvgIpc) is 3.21. The van der Waals surface area contributed by atoms with Gasteiger partial charge in [-0.05, 0) is 13.3 Å². The van der Waals surface area contributed by atoms with Gasteiger partial charge in [-0.15, -0.1) is 0 Å². The van der Waals surface area contributed by atoms with E-state index in [0.29, 0.717) is 24.5 Å². The molecule has 3 rings (SSSR count). The maximum absolute atomic E-state index is 12.6. The van der Waals surface area contributed by atoms with Crippen LogP contribution in [0.15, 0.2) is 16.7 Å². The van der Waals surface area contributed by atoms with Gasteiger partial charge in [0.15, 0.2) is 5.82 Å². The lowest BCUT2D eigenvalue weighted by atomic mass is 10.2. The van der Waals surface area contributed by atoms with Gasteiger partial charge in [-0.1, -0.05) is 19.0 Å². The van der Waals surface area contributed by atoms with Gasteiger partial charge in [-0.2, -0.15) is 5.10 Å². The van der Waals surface area contributed by atoms with E-state index in [4.69, 9.17) is 4.52 Å². The predicted molar refractivity (Wildman–Crippen MR) is 91.4 cm³/mol.